The molecule has 2 heteroatoms. The quantitative estimate of drug-likeness (QED) is 0.264. The van der Waals surface area contributed by atoms with Crippen LogP contribution in [0.5, 0.6) is 0 Å². The molecule has 0 aliphatic rings. The molecule has 1 N–H and O–H groups in total. The zero-order valence-corrected chi connectivity index (χ0v) is 16.0. The van der Waals surface area contributed by atoms with E-state index < -0.39 is 5.97 Å². The molecule has 0 radical (unpaired) electrons. The predicted octanol–water partition coefficient (Wildman–Crippen LogP) is 6.85. The van der Waals surface area contributed by atoms with Crippen LogP contribution in [-0.2, 0) is 4.79 Å². The van der Waals surface area contributed by atoms with Gasteiger partial charge < -0.3 is 5.11 Å². The van der Waals surface area contributed by atoms with Crippen LogP contribution in [0.15, 0.2) is 12.2 Å². The molecule has 0 amide bonds. The van der Waals surface area contributed by atoms with Gasteiger partial charge in [0.1, 0.15) is 0 Å². The lowest BCUT2D eigenvalue weighted by molar-refractivity contribution is -0.137. The van der Waals surface area contributed by atoms with Crippen molar-refractivity contribution in [3.63, 3.8) is 0 Å². The Balaban J connectivity index is 3.47. The van der Waals surface area contributed by atoms with Crippen LogP contribution in [0.2, 0.25) is 0 Å². The van der Waals surface area contributed by atoms with Gasteiger partial charge in [-0.25, -0.2) is 0 Å². The number of carbonyl (C=O) groups is 1. The molecule has 0 aliphatic heterocycles. The maximum absolute atomic E-state index is 10.4. The normalized spacial score (nSPS) is 14.5. The second kappa shape index (κ2) is 14.8. The molecule has 23 heavy (non-hydrogen) atoms. The summed E-state index contributed by atoms with van der Waals surface area (Å²) in [6, 6.07) is 0. The number of unbranched alkanes of at least 4 members (excludes halogenated alkanes) is 1. The van der Waals surface area contributed by atoms with Crippen molar-refractivity contribution in [3.05, 3.63) is 12.2 Å². The summed E-state index contributed by atoms with van der Waals surface area (Å²) in [6.07, 6.45) is 17.0. The highest BCUT2D eigenvalue weighted by atomic mass is 16.4. The maximum atomic E-state index is 10.4. The molecule has 0 aromatic heterocycles. The summed E-state index contributed by atoms with van der Waals surface area (Å²) >= 11 is 0. The van der Waals surface area contributed by atoms with Crippen molar-refractivity contribution >= 4 is 5.97 Å². The van der Waals surface area contributed by atoms with Crippen molar-refractivity contribution in [2.45, 2.75) is 98.3 Å². The van der Waals surface area contributed by atoms with Crippen LogP contribution in [-0.4, -0.2) is 11.1 Å². The smallest absolute Gasteiger partial charge is 0.303 e. The van der Waals surface area contributed by atoms with Gasteiger partial charge in [0.05, 0.1) is 0 Å². The second-order valence-electron chi connectivity index (χ2n) is 7.80. The summed E-state index contributed by atoms with van der Waals surface area (Å²) in [5.41, 5.74) is 0. The van der Waals surface area contributed by atoms with E-state index in [2.05, 4.69) is 39.8 Å². The third-order valence-corrected chi connectivity index (χ3v) is 4.63. The van der Waals surface area contributed by atoms with E-state index in [0.29, 0.717) is 0 Å². The highest BCUT2D eigenvalue weighted by Gasteiger charge is 2.06. The van der Waals surface area contributed by atoms with Crippen molar-refractivity contribution in [3.8, 4) is 0 Å². The third-order valence-electron chi connectivity index (χ3n) is 4.63. The summed E-state index contributed by atoms with van der Waals surface area (Å²) in [5, 5.41) is 8.56. The predicted molar refractivity (Wildman–Crippen MR) is 101 cm³/mol. The summed E-state index contributed by atoms with van der Waals surface area (Å²) in [6.45, 7) is 9.40. The Morgan fingerprint density at radius 3 is 1.87 bits per heavy atom. The van der Waals surface area contributed by atoms with E-state index in [-0.39, 0.29) is 6.42 Å². The molecule has 136 valence electrons. The van der Waals surface area contributed by atoms with Crippen molar-refractivity contribution < 1.29 is 9.90 Å². The zero-order valence-electron chi connectivity index (χ0n) is 16.0. The molecule has 0 aromatic carbocycles. The first-order valence-corrected chi connectivity index (χ1v) is 9.78. The molecule has 2 atom stereocenters. The van der Waals surface area contributed by atoms with Crippen LogP contribution >= 0.6 is 0 Å². The van der Waals surface area contributed by atoms with Gasteiger partial charge in [0.15, 0.2) is 0 Å². The second-order valence-corrected chi connectivity index (χ2v) is 7.80. The number of hydrogen-bond acceptors (Lipinski definition) is 1. The highest BCUT2D eigenvalue weighted by molar-refractivity contribution is 5.66. The van der Waals surface area contributed by atoms with Crippen LogP contribution in [0.25, 0.3) is 0 Å². The molecule has 0 fully saturated rings. The Hall–Kier alpha value is -0.790. The molecule has 0 saturated carbocycles. The van der Waals surface area contributed by atoms with E-state index in [1.165, 1.54) is 44.9 Å². The van der Waals surface area contributed by atoms with Gasteiger partial charge in [-0.3, -0.25) is 4.79 Å². The molecule has 2 nitrogen and oxygen atoms in total. The number of aliphatic carboxylic acids is 1. The fourth-order valence-corrected chi connectivity index (χ4v) is 2.97. The van der Waals surface area contributed by atoms with Gasteiger partial charge in [-0.15, -0.1) is 0 Å². The van der Waals surface area contributed by atoms with Gasteiger partial charge in [-0.2, -0.15) is 0 Å². The SMILES string of the molecule is CC(C)CCCC(C)CCCC(C)CC/C=C\CCCC(=O)O. The lowest BCUT2D eigenvalue weighted by Gasteiger charge is -2.14. The Labute approximate surface area is 144 Å². The lowest BCUT2D eigenvalue weighted by Crippen LogP contribution is -1.99. The molecule has 0 bridgehead atoms. The van der Waals surface area contributed by atoms with Crippen LogP contribution in [0.3, 0.4) is 0 Å². The minimum Gasteiger partial charge on any atom is -0.481 e. The van der Waals surface area contributed by atoms with E-state index in [4.69, 9.17) is 5.11 Å². The number of carboxylic acids is 1. The standard InChI is InChI=1S/C21H40O2/c1-18(2)12-10-14-20(4)16-11-15-19(3)13-8-6-5-7-9-17-21(22)23/h5-6,18-20H,7-17H2,1-4H3,(H,22,23)/b6-5-. The van der Waals surface area contributed by atoms with Gasteiger partial charge >= 0.3 is 5.97 Å². The Kier molecular flexibility index (Phi) is 14.3. The van der Waals surface area contributed by atoms with Crippen LogP contribution in [0, 0.1) is 17.8 Å². The molecule has 0 heterocycles. The van der Waals surface area contributed by atoms with E-state index in [1.54, 1.807) is 0 Å². The first-order valence-electron chi connectivity index (χ1n) is 9.78. The van der Waals surface area contributed by atoms with Gasteiger partial charge in [0.25, 0.3) is 0 Å². The minimum atomic E-state index is -0.689. The lowest BCUT2D eigenvalue weighted by atomic mass is 9.92. The van der Waals surface area contributed by atoms with E-state index in [1.807, 2.05) is 0 Å². The van der Waals surface area contributed by atoms with Gasteiger partial charge in [0.2, 0.25) is 0 Å². The Morgan fingerprint density at radius 2 is 1.30 bits per heavy atom. The number of allylic oxidation sites excluding steroid dienone is 2. The van der Waals surface area contributed by atoms with Crippen molar-refractivity contribution in [2.75, 3.05) is 0 Å². The summed E-state index contributed by atoms with van der Waals surface area (Å²) < 4.78 is 0. The Morgan fingerprint density at radius 1 is 0.783 bits per heavy atom. The monoisotopic (exact) mass is 324 g/mol. The van der Waals surface area contributed by atoms with Crippen molar-refractivity contribution in [2.24, 2.45) is 17.8 Å². The van der Waals surface area contributed by atoms with Gasteiger partial charge in [0, 0.05) is 6.42 Å². The molecular weight excluding hydrogens is 284 g/mol. The maximum Gasteiger partial charge on any atom is 0.303 e. The number of rotatable bonds is 15. The average Bonchev–Trinajstić information content (AvgIpc) is 2.45. The van der Waals surface area contributed by atoms with E-state index in [0.717, 1.165) is 37.0 Å². The number of carboxylic acid groups (broad SMARTS) is 1. The largest absolute Gasteiger partial charge is 0.481 e. The minimum absolute atomic E-state index is 0.288. The Bertz CT molecular complexity index is 307. The average molecular weight is 325 g/mol. The summed E-state index contributed by atoms with van der Waals surface area (Å²) in [5.74, 6) is 1.85. The molecule has 0 aliphatic carbocycles. The van der Waals surface area contributed by atoms with Gasteiger partial charge in [-0.05, 0) is 43.4 Å². The highest BCUT2D eigenvalue weighted by Crippen LogP contribution is 2.21. The van der Waals surface area contributed by atoms with Crippen molar-refractivity contribution in [1.29, 1.82) is 0 Å². The van der Waals surface area contributed by atoms with Crippen LogP contribution in [0.4, 0.5) is 0 Å². The molecule has 0 spiro atoms. The van der Waals surface area contributed by atoms with Crippen LogP contribution in [0.1, 0.15) is 98.3 Å². The van der Waals surface area contributed by atoms with Crippen LogP contribution < -0.4 is 0 Å². The fourth-order valence-electron chi connectivity index (χ4n) is 2.97. The summed E-state index contributed by atoms with van der Waals surface area (Å²) in [4.78, 5) is 10.4. The molecule has 0 aromatic rings. The molecular formula is C21H40O2. The van der Waals surface area contributed by atoms with E-state index in [9.17, 15) is 4.79 Å². The molecule has 0 rings (SSSR count). The number of hydrogen-bond donors (Lipinski definition) is 1. The third kappa shape index (κ3) is 17.4. The summed E-state index contributed by atoms with van der Waals surface area (Å²) in [7, 11) is 0. The first-order chi connectivity index (χ1) is 10.9. The topological polar surface area (TPSA) is 37.3 Å². The fraction of sp³-hybridized carbons (Fsp3) is 0.857. The zero-order chi connectivity index (χ0) is 17.5. The van der Waals surface area contributed by atoms with Crippen molar-refractivity contribution in [1.82, 2.24) is 0 Å². The molecule has 0 saturated heterocycles. The van der Waals surface area contributed by atoms with Gasteiger partial charge in [-0.1, -0.05) is 78.4 Å². The molecule has 2 unspecified atom stereocenters. The van der Waals surface area contributed by atoms with E-state index >= 15 is 0 Å². The first kappa shape index (κ1) is 22.2.